The van der Waals surface area contributed by atoms with Gasteiger partial charge in [0.05, 0.1) is 6.10 Å². The zero-order chi connectivity index (χ0) is 11.4. The van der Waals surface area contributed by atoms with Crippen molar-refractivity contribution in [1.29, 1.82) is 0 Å². The fourth-order valence-corrected chi connectivity index (χ4v) is 3.21. The summed E-state index contributed by atoms with van der Waals surface area (Å²) in [6.07, 6.45) is 0.416. The van der Waals surface area contributed by atoms with Crippen LogP contribution in [0.1, 0.15) is 48.6 Å². The molecule has 2 heteroatoms. The summed E-state index contributed by atoms with van der Waals surface area (Å²) in [5, 5.41) is 10.9. The summed E-state index contributed by atoms with van der Waals surface area (Å²) in [7, 11) is 0. The first-order valence-corrected chi connectivity index (χ1v) is 5.70. The molecule has 0 heterocycles. The Balaban J connectivity index is 2.78. The highest BCUT2D eigenvalue weighted by atomic mass is 35.5. The van der Waals surface area contributed by atoms with Crippen LogP contribution in [0.15, 0.2) is 6.07 Å². The molecule has 1 aliphatic rings. The number of hydrogen-bond acceptors (Lipinski definition) is 1. The SMILES string of the molecule is Cc1cc(Cl)c2c(c1C)C(O)CC2(C)C. The van der Waals surface area contributed by atoms with Gasteiger partial charge in [0.1, 0.15) is 0 Å². The van der Waals surface area contributed by atoms with Crippen LogP contribution in [0.4, 0.5) is 0 Å². The monoisotopic (exact) mass is 224 g/mol. The van der Waals surface area contributed by atoms with Crippen LogP contribution < -0.4 is 0 Å². The van der Waals surface area contributed by atoms with Crippen LogP contribution in [0.25, 0.3) is 0 Å². The summed E-state index contributed by atoms with van der Waals surface area (Å²) in [5.74, 6) is 0. The van der Waals surface area contributed by atoms with Crippen molar-refractivity contribution in [2.45, 2.75) is 45.6 Å². The third kappa shape index (κ3) is 1.49. The van der Waals surface area contributed by atoms with Crippen molar-refractivity contribution in [3.05, 3.63) is 33.3 Å². The third-order valence-corrected chi connectivity index (χ3v) is 3.86. The normalized spacial score (nSPS) is 22.9. The second-order valence-corrected chi connectivity index (χ2v) is 5.60. The molecule has 82 valence electrons. The average Bonchev–Trinajstić information content (AvgIpc) is 2.32. The van der Waals surface area contributed by atoms with E-state index in [4.69, 9.17) is 11.6 Å². The van der Waals surface area contributed by atoms with Crippen LogP contribution in [0, 0.1) is 13.8 Å². The zero-order valence-electron chi connectivity index (χ0n) is 9.69. The molecule has 1 nitrogen and oxygen atoms in total. The quantitative estimate of drug-likeness (QED) is 0.713. The first-order chi connectivity index (χ1) is 6.84. The van der Waals surface area contributed by atoms with Gasteiger partial charge in [-0.2, -0.15) is 0 Å². The number of hydrogen-bond donors (Lipinski definition) is 1. The highest BCUT2D eigenvalue weighted by molar-refractivity contribution is 6.31. The summed E-state index contributed by atoms with van der Waals surface area (Å²) < 4.78 is 0. The lowest BCUT2D eigenvalue weighted by Crippen LogP contribution is -2.13. The van der Waals surface area contributed by atoms with E-state index in [0.717, 1.165) is 28.1 Å². The van der Waals surface area contributed by atoms with Gasteiger partial charge in [-0.3, -0.25) is 0 Å². The Hall–Kier alpha value is -0.530. The molecule has 1 aliphatic carbocycles. The maximum absolute atomic E-state index is 10.1. The molecule has 1 aromatic carbocycles. The van der Waals surface area contributed by atoms with Crippen LogP contribution in [0.2, 0.25) is 5.02 Å². The summed E-state index contributed by atoms with van der Waals surface area (Å²) >= 11 is 6.29. The minimum absolute atomic E-state index is 0.00963. The summed E-state index contributed by atoms with van der Waals surface area (Å²) in [6, 6.07) is 2.01. The molecule has 1 atom stereocenters. The molecule has 2 rings (SSSR count). The van der Waals surface area contributed by atoms with Gasteiger partial charge in [-0.15, -0.1) is 0 Å². The van der Waals surface area contributed by atoms with Gasteiger partial charge in [-0.25, -0.2) is 0 Å². The highest BCUT2D eigenvalue weighted by Crippen LogP contribution is 2.49. The van der Waals surface area contributed by atoms with Gasteiger partial charge >= 0.3 is 0 Å². The molecule has 0 amide bonds. The van der Waals surface area contributed by atoms with E-state index in [9.17, 15) is 5.11 Å². The van der Waals surface area contributed by atoms with Gasteiger partial charge in [-0.05, 0) is 54.0 Å². The van der Waals surface area contributed by atoms with Crippen molar-refractivity contribution >= 4 is 11.6 Å². The predicted molar refractivity (Wildman–Crippen MR) is 63.5 cm³/mol. The van der Waals surface area contributed by atoms with Gasteiger partial charge in [0, 0.05) is 5.02 Å². The molecule has 0 aliphatic heterocycles. The lowest BCUT2D eigenvalue weighted by Gasteiger charge is -2.21. The van der Waals surface area contributed by atoms with E-state index >= 15 is 0 Å². The number of aliphatic hydroxyl groups is 1. The number of aryl methyl sites for hydroxylation is 1. The smallest absolute Gasteiger partial charge is 0.0804 e. The molecule has 0 saturated heterocycles. The Kier molecular flexibility index (Phi) is 2.36. The van der Waals surface area contributed by atoms with Gasteiger partial charge in [0.25, 0.3) is 0 Å². The van der Waals surface area contributed by atoms with E-state index in [0.29, 0.717) is 0 Å². The Morgan fingerprint density at radius 2 is 2.00 bits per heavy atom. The molecule has 1 aromatic rings. The van der Waals surface area contributed by atoms with Gasteiger partial charge in [0.2, 0.25) is 0 Å². The van der Waals surface area contributed by atoms with E-state index in [1.165, 1.54) is 5.56 Å². The number of fused-ring (bicyclic) bond motifs is 1. The Morgan fingerprint density at radius 1 is 1.40 bits per heavy atom. The average molecular weight is 225 g/mol. The van der Waals surface area contributed by atoms with Crippen molar-refractivity contribution in [3.63, 3.8) is 0 Å². The maximum atomic E-state index is 10.1. The first-order valence-electron chi connectivity index (χ1n) is 5.33. The molecule has 0 bridgehead atoms. The van der Waals surface area contributed by atoms with Crippen LogP contribution in [-0.2, 0) is 5.41 Å². The fourth-order valence-electron chi connectivity index (χ4n) is 2.69. The van der Waals surface area contributed by atoms with E-state index in [2.05, 4.69) is 20.8 Å². The van der Waals surface area contributed by atoms with E-state index in [1.807, 2.05) is 13.0 Å². The zero-order valence-corrected chi connectivity index (χ0v) is 10.4. The standard InChI is InChI=1S/C13H17ClO/c1-7-5-9(14)12-11(8(7)2)10(15)6-13(12,3)4/h5,10,15H,6H2,1-4H3. The molecule has 0 fully saturated rings. The Bertz CT molecular complexity index is 421. The van der Waals surface area contributed by atoms with Gasteiger partial charge < -0.3 is 5.11 Å². The molecule has 1 N–H and O–H groups in total. The Morgan fingerprint density at radius 3 is 2.60 bits per heavy atom. The van der Waals surface area contributed by atoms with Crippen molar-refractivity contribution in [2.24, 2.45) is 0 Å². The minimum Gasteiger partial charge on any atom is -0.388 e. The third-order valence-electron chi connectivity index (χ3n) is 3.56. The number of benzene rings is 1. The summed E-state index contributed by atoms with van der Waals surface area (Å²) in [5.41, 5.74) is 4.54. The molecule has 0 radical (unpaired) electrons. The molecule has 0 spiro atoms. The molecule has 0 aromatic heterocycles. The summed E-state index contributed by atoms with van der Waals surface area (Å²) in [6.45, 7) is 8.39. The first kappa shape index (κ1) is 11.0. The second kappa shape index (κ2) is 3.23. The minimum atomic E-state index is -0.354. The van der Waals surface area contributed by atoms with Crippen LogP contribution in [0.3, 0.4) is 0 Å². The van der Waals surface area contributed by atoms with Crippen LogP contribution in [-0.4, -0.2) is 5.11 Å². The molecular weight excluding hydrogens is 208 g/mol. The number of rotatable bonds is 0. The highest BCUT2D eigenvalue weighted by Gasteiger charge is 2.39. The number of halogens is 1. The molecule has 0 saturated carbocycles. The lowest BCUT2D eigenvalue weighted by atomic mass is 9.85. The van der Waals surface area contributed by atoms with Crippen molar-refractivity contribution < 1.29 is 5.11 Å². The fraction of sp³-hybridized carbons (Fsp3) is 0.538. The van der Waals surface area contributed by atoms with Gasteiger partial charge in [0.15, 0.2) is 0 Å². The molecular formula is C13H17ClO. The van der Waals surface area contributed by atoms with Crippen molar-refractivity contribution in [2.75, 3.05) is 0 Å². The Labute approximate surface area is 96.1 Å². The largest absolute Gasteiger partial charge is 0.388 e. The lowest BCUT2D eigenvalue weighted by molar-refractivity contribution is 0.161. The van der Waals surface area contributed by atoms with Crippen molar-refractivity contribution in [3.8, 4) is 0 Å². The second-order valence-electron chi connectivity index (χ2n) is 5.19. The van der Waals surface area contributed by atoms with Crippen LogP contribution in [0.5, 0.6) is 0 Å². The van der Waals surface area contributed by atoms with E-state index in [1.54, 1.807) is 0 Å². The van der Waals surface area contributed by atoms with Gasteiger partial charge in [-0.1, -0.05) is 25.4 Å². The van der Waals surface area contributed by atoms with Crippen molar-refractivity contribution in [1.82, 2.24) is 0 Å². The van der Waals surface area contributed by atoms with Crippen LogP contribution >= 0.6 is 11.6 Å². The molecule has 15 heavy (non-hydrogen) atoms. The molecule has 1 unspecified atom stereocenters. The maximum Gasteiger partial charge on any atom is 0.0804 e. The topological polar surface area (TPSA) is 20.2 Å². The van der Waals surface area contributed by atoms with E-state index in [-0.39, 0.29) is 11.5 Å². The number of aliphatic hydroxyl groups excluding tert-OH is 1. The van der Waals surface area contributed by atoms with E-state index < -0.39 is 0 Å². The predicted octanol–water partition coefficient (Wildman–Crippen LogP) is 3.67. The summed E-state index contributed by atoms with van der Waals surface area (Å²) in [4.78, 5) is 0.